The van der Waals surface area contributed by atoms with E-state index in [0.29, 0.717) is 23.8 Å². The lowest BCUT2D eigenvalue weighted by Crippen LogP contribution is -2.58. The fraction of sp³-hybridized carbons (Fsp3) is 0.607. The van der Waals surface area contributed by atoms with Crippen molar-refractivity contribution in [2.75, 3.05) is 44.2 Å². The lowest BCUT2D eigenvalue weighted by molar-refractivity contribution is 0.0356. The van der Waals surface area contributed by atoms with E-state index in [2.05, 4.69) is 36.9 Å². The van der Waals surface area contributed by atoms with Gasteiger partial charge in [0.15, 0.2) is 0 Å². The summed E-state index contributed by atoms with van der Waals surface area (Å²) in [5.74, 6) is 0.774. The van der Waals surface area contributed by atoms with Gasteiger partial charge in [0.25, 0.3) is 5.91 Å². The molecule has 1 aromatic carbocycles. The molecule has 2 aromatic rings. The van der Waals surface area contributed by atoms with E-state index < -0.39 is 0 Å². The van der Waals surface area contributed by atoms with Crippen molar-refractivity contribution >= 4 is 23.3 Å². The van der Waals surface area contributed by atoms with E-state index in [-0.39, 0.29) is 18.6 Å². The van der Waals surface area contributed by atoms with Gasteiger partial charge in [0.05, 0.1) is 24.5 Å². The molecule has 8 nitrogen and oxygen atoms in total. The summed E-state index contributed by atoms with van der Waals surface area (Å²) in [5, 5.41) is 13.8. The lowest BCUT2D eigenvalue weighted by atomic mass is 9.96. The molecule has 9 heteroatoms. The van der Waals surface area contributed by atoms with Gasteiger partial charge in [0.1, 0.15) is 11.5 Å². The highest BCUT2D eigenvalue weighted by Gasteiger charge is 2.35. The van der Waals surface area contributed by atoms with Crippen LogP contribution in [0.1, 0.15) is 66.8 Å². The number of aliphatic hydroxyl groups is 1. The molecule has 0 bridgehead atoms. The Bertz CT molecular complexity index is 1070. The fourth-order valence-corrected chi connectivity index (χ4v) is 6.06. The Kier molecular flexibility index (Phi) is 8.29. The first-order valence-corrected chi connectivity index (χ1v) is 14.1. The van der Waals surface area contributed by atoms with E-state index >= 15 is 0 Å². The molecule has 1 amide bonds. The van der Waals surface area contributed by atoms with Crippen LogP contribution in [0.3, 0.4) is 0 Å². The Hall–Kier alpha value is -2.26. The number of aliphatic hydroxyl groups excluding tert-OH is 1. The average Bonchev–Trinajstić information content (AvgIpc) is 3.74. The van der Waals surface area contributed by atoms with Crippen molar-refractivity contribution in [3.05, 3.63) is 52.4 Å². The van der Waals surface area contributed by atoms with Crippen molar-refractivity contribution in [3.63, 3.8) is 0 Å². The van der Waals surface area contributed by atoms with Crippen LogP contribution in [0.5, 0.6) is 0 Å². The summed E-state index contributed by atoms with van der Waals surface area (Å²) < 4.78 is 0. The number of hydrogen-bond donors (Lipinski definition) is 2. The van der Waals surface area contributed by atoms with Crippen molar-refractivity contribution in [3.8, 4) is 0 Å². The standard InChI is InChI=1S/C28H39ClN6O2/c1-3-23-17-34(27-19(2)31-25(16-30-27)28(37)32-22-8-9-22)14-15-35(23)24-10-12-33(13-11-24)26(18-36)20-4-6-21(29)7-5-20/h4-7,16,22-24,26,36H,3,8-15,17-18H2,1-2H3,(H,32,37)/t23-,26-/m0/s1. The van der Waals surface area contributed by atoms with Gasteiger partial charge in [-0.3, -0.25) is 14.6 Å². The molecular weight excluding hydrogens is 488 g/mol. The Labute approximate surface area is 225 Å². The minimum absolute atomic E-state index is 0.0212. The zero-order valence-corrected chi connectivity index (χ0v) is 22.7. The monoisotopic (exact) mass is 526 g/mol. The molecule has 2 N–H and O–H groups in total. The normalized spacial score (nSPS) is 22.7. The second-order valence-corrected chi connectivity index (χ2v) is 11.1. The first-order valence-electron chi connectivity index (χ1n) is 13.7. The molecule has 0 unspecified atom stereocenters. The number of rotatable bonds is 8. The van der Waals surface area contributed by atoms with Gasteiger partial charge in [-0.1, -0.05) is 30.7 Å². The third-order valence-electron chi connectivity index (χ3n) is 8.20. The Morgan fingerprint density at radius 3 is 2.49 bits per heavy atom. The number of carbonyl (C=O) groups is 1. The number of amides is 1. The zero-order valence-electron chi connectivity index (χ0n) is 21.9. The molecule has 0 radical (unpaired) electrons. The van der Waals surface area contributed by atoms with E-state index in [0.717, 1.165) is 86.9 Å². The predicted molar refractivity (Wildman–Crippen MR) is 146 cm³/mol. The molecule has 3 fully saturated rings. The summed E-state index contributed by atoms with van der Waals surface area (Å²) in [5.41, 5.74) is 2.35. The second kappa shape index (κ2) is 11.6. The summed E-state index contributed by atoms with van der Waals surface area (Å²) in [7, 11) is 0. The van der Waals surface area contributed by atoms with E-state index in [1.165, 1.54) is 0 Å². The summed E-state index contributed by atoms with van der Waals surface area (Å²) in [6, 6.07) is 9.19. The molecule has 2 aliphatic heterocycles. The van der Waals surface area contributed by atoms with Crippen molar-refractivity contribution in [1.29, 1.82) is 0 Å². The first-order chi connectivity index (χ1) is 18.0. The van der Waals surface area contributed by atoms with Gasteiger partial charge in [-0.2, -0.15) is 0 Å². The van der Waals surface area contributed by atoms with Crippen LogP contribution in [0.25, 0.3) is 0 Å². The molecule has 37 heavy (non-hydrogen) atoms. The highest BCUT2D eigenvalue weighted by molar-refractivity contribution is 6.30. The molecule has 2 saturated heterocycles. The molecule has 200 valence electrons. The van der Waals surface area contributed by atoms with E-state index in [1.807, 2.05) is 31.2 Å². The van der Waals surface area contributed by atoms with Gasteiger partial charge < -0.3 is 15.3 Å². The highest BCUT2D eigenvalue weighted by Crippen LogP contribution is 2.30. The van der Waals surface area contributed by atoms with E-state index in [9.17, 15) is 9.90 Å². The minimum Gasteiger partial charge on any atom is -0.394 e. The van der Waals surface area contributed by atoms with Crippen LogP contribution >= 0.6 is 11.6 Å². The molecule has 1 aliphatic carbocycles. The maximum Gasteiger partial charge on any atom is 0.271 e. The molecule has 1 aromatic heterocycles. The fourth-order valence-electron chi connectivity index (χ4n) is 5.93. The van der Waals surface area contributed by atoms with Crippen molar-refractivity contribution in [2.24, 2.45) is 0 Å². The maximum absolute atomic E-state index is 12.4. The SMILES string of the molecule is CC[C@H]1CN(c2ncc(C(=O)NC3CC3)nc2C)CCN1C1CCN([C@@H](CO)c2ccc(Cl)cc2)CC1. The van der Waals surface area contributed by atoms with Crippen molar-refractivity contribution < 1.29 is 9.90 Å². The largest absolute Gasteiger partial charge is 0.394 e. The summed E-state index contributed by atoms with van der Waals surface area (Å²) >= 11 is 6.07. The van der Waals surface area contributed by atoms with Gasteiger partial charge >= 0.3 is 0 Å². The van der Waals surface area contributed by atoms with Crippen LogP contribution < -0.4 is 10.2 Å². The van der Waals surface area contributed by atoms with Crippen LogP contribution in [0.15, 0.2) is 30.5 Å². The van der Waals surface area contributed by atoms with Crippen LogP contribution in [0.4, 0.5) is 5.82 Å². The third kappa shape index (κ3) is 6.08. The topological polar surface area (TPSA) is 84.8 Å². The van der Waals surface area contributed by atoms with Gasteiger partial charge in [0, 0.05) is 55.9 Å². The number of likely N-dealkylation sites (tertiary alicyclic amines) is 1. The van der Waals surface area contributed by atoms with Crippen LogP contribution in [0, 0.1) is 6.92 Å². The van der Waals surface area contributed by atoms with E-state index in [1.54, 1.807) is 6.20 Å². The number of aromatic nitrogens is 2. The number of halogens is 1. The Morgan fingerprint density at radius 1 is 1.14 bits per heavy atom. The summed E-state index contributed by atoms with van der Waals surface area (Å²) in [6.45, 7) is 9.11. The van der Waals surface area contributed by atoms with Crippen molar-refractivity contribution in [2.45, 2.75) is 70.1 Å². The number of benzene rings is 1. The quantitative estimate of drug-likeness (QED) is 0.545. The van der Waals surface area contributed by atoms with Gasteiger partial charge in [0.2, 0.25) is 0 Å². The number of aryl methyl sites for hydroxylation is 1. The van der Waals surface area contributed by atoms with Crippen LogP contribution in [-0.2, 0) is 0 Å². The Morgan fingerprint density at radius 2 is 1.86 bits per heavy atom. The number of piperazine rings is 1. The molecule has 0 spiro atoms. The lowest BCUT2D eigenvalue weighted by Gasteiger charge is -2.48. The van der Waals surface area contributed by atoms with Gasteiger partial charge in [-0.25, -0.2) is 9.97 Å². The molecule has 1 saturated carbocycles. The first kappa shape index (κ1) is 26.4. The molecule has 2 atom stereocenters. The van der Waals surface area contributed by atoms with Crippen molar-refractivity contribution in [1.82, 2.24) is 25.1 Å². The number of nitrogens with one attached hydrogen (secondary N) is 1. The molecule has 3 aliphatic rings. The molecular formula is C28H39ClN6O2. The predicted octanol–water partition coefficient (Wildman–Crippen LogP) is 3.43. The van der Waals surface area contributed by atoms with Gasteiger partial charge in [-0.05, 0) is 56.7 Å². The number of anilines is 1. The van der Waals surface area contributed by atoms with E-state index in [4.69, 9.17) is 11.6 Å². The van der Waals surface area contributed by atoms with Crippen LogP contribution in [0.2, 0.25) is 5.02 Å². The molecule has 5 rings (SSSR count). The number of nitrogens with zero attached hydrogens (tertiary/aromatic N) is 5. The highest BCUT2D eigenvalue weighted by atomic mass is 35.5. The zero-order chi connectivity index (χ0) is 25.9. The average molecular weight is 527 g/mol. The maximum atomic E-state index is 12.4. The number of carbonyl (C=O) groups excluding carboxylic acids is 1. The Balaban J connectivity index is 1.18. The van der Waals surface area contributed by atoms with Gasteiger partial charge in [-0.15, -0.1) is 0 Å². The minimum atomic E-state index is -0.119. The van der Waals surface area contributed by atoms with Crippen LogP contribution in [-0.4, -0.2) is 88.2 Å². The molecule has 3 heterocycles. The smallest absolute Gasteiger partial charge is 0.271 e. The third-order valence-corrected chi connectivity index (χ3v) is 8.45. The number of piperidine rings is 1. The number of hydrogen-bond acceptors (Lipinski definition) is 7. The summed E-state index contributed by atoms with van der Waals surface area (Å²) in [6.07, 6.45) is 7.02. The summed E-state index contributed by atoms with van der Waals surface area (Å²) in [4.78, 5) is 29.1. The second-order valence-electron chi connectivity index (χ2n) is 10.7.